The molecule has 4 aliphatic carbocycles. The lowest BCUT2D eigenvalue weighted by molar-refractivity contribution is -0.309. The van der Waals surface area contributed by atoms with Crippen LogP contribution in [0.25, 0.3) is 0 Å². The van der Waals surface area contributed by atoms with Crippen molar-refractivity contribution < 1.29 is 14.6 Å². The van der Waals surface area contributed by atoms with Crippen LogP contribution in [0, 0.1) is 46.3 Å². The second-order valence-electron chi connectivity index (χ2n) is 12.1. The number of fused-ring (bicyclic) bond motifs is 5. The fourth-order valence-corrected chi connectivity index (χ4v) is 9.30. The van der Waals surface area contributed by atoms with Crippen molar-refractivity contribution in [1.29, 1.82) is 0 Å². The Morgan fingerprint density at radius 1 is 0.966 bits per heavy atom. The lowest BCUT2D eigenvalue weighted by Crippen LogP contribution is -2.61. The van der Waals surface area contributed by atoms with Crippen LogP contribution in [0.3, 0.4) is 0 Å². The van der Waals surface area contributed by atoms with Gasteiger partial charge in [-0.3, -0.25) is 0 Å². The summed E-state index contributed by atoms with van der Waals surface area (Å²) in [4.78, 5) is 0. The van der Waals surface area contributed by atoms with Crippen LogP contribution >= 0.6 is 0 Å². The predicted octanol–water partition coefficient (Wildman–Crippen LogP) is 5.80. The minimum Gasteiger partial charge on any atom is -0.393 e. The fraction of sp³-hybridized carbons (Fsp3) is 1.00. The molecule has 1 aliphatic heterocycles. The standard InChI is InChI=1S/C26H44O3/c1-5-17(2)19-7-8-20-23-21(9-10-25(19,20)4)24(3)11-12-26(28-13-6-14-29-26)16-18(24)15-22(23)27/h17-23,27H,5-16H2,1-4H3/t17-,18-,19-,20+,21+,22-,23+,24+,25-/m1/s1. The molecule has 0 aromatic rings. The van der Waals surface area contributed by atoms with Gasteiger partial charge in [0.25, 0.3) is 0 Å². The number of hydrogen-bond donors (Lipinski definition) is 1. The molecule has 5 rings (SSSR count). The first kappa shape index (κ1) is 20.8. The van der Waals surface area contributed by atoms with E-state index < -0.39 is 0 Å². The SMILES string of the molecule is CC[C@@H](C)[C@H]1CC[C@H]2[C@@H]3[C@H](O)C[C@@H]4CC5(CC[C@]4(C)[C@H]3CC[C@]12C)OCCCO5. The zero-order chi connectivity index (χ0) is 20.4. The third kappa shape index (κ3) is 3.00. The first-order valence-electron chi connectivity index (χ1n) is 12.8. The number of ether oxygens (including phenoxy) is 2. The van der Waals surface area contributed by atoms with Crippen LogP contribution in [0.5, 0.6) is 0 Å². The van der Waals surface area contributed by atoms with Crippen LogP contribution in [0.4, 0.5) is 0 Å². The molecule has 1 N–H and O–H groups in total. The van der Waals surface area contributed by atoms with Gasteiger partial charge in [0.2, 0.25) is 0 Å². The van der Waals surface area contributed by atoms with Crippen LogP contribution < -0.4 is 0 Å². The second-order valence-corrected chi connectivity index (χ2v) is 12.1. The maximum absolute atomic E-state index is 11.5. The van der Waals surface area contributed by atoms with Gasteiger partial charge in [-0.05, 0) is 91.3 Å². The van der Waals surface area contributed by atoms with E-state index in [4.69, 9.17) is 9.47 Å². The third-order valence-corrected chi connectivity index (χ3v) is 11.1. The molecule has 0 bridgehead atoms. The average molecular weight is 405 g/mol. The maximum Gasteiger partial charge on any atom is 0.168 e. The highest BCUT2D eigenvalue weighted by molar-refractivity contribution is 5.12. The molecule has 29 heavy (non-hydrogen) atoms. The van der Waals surface area contributed by atoms with Gasteiger partial charge in [0.1, 0.15) is 0 Å². The summed E-state index contributed by atoms with van der Waals surface area (Å²) in [6, 6.07) is 0. The fourth-order valence-electron chi connectivity index (χ4n) is 9.30. The summed E-state index contributed by atoms with van der Waals surface area (Å²) in [5, 5.41) is 11.5. The van der Waals surface area contributed by atoms with Gasteiger partial charge in [0, 0.05) is 12.8 Å². The van der Waals surface area contributed by atoms with E-state index in [1.165, 1.54) is 38.5 Å². The summed E-state index contributed by atoms with van der Waals surface area (Å²) in [5.41, 5.74) is 0.807. The Morgan fingerprint density at radius 3 is 2.41 bits per heavy atom. The van der Waals surface area contributed by atoms with E-state index >= 15 is 0 Å². The quantitative estimate of drug-likeness (QED) is 0.632. The molecular formula is C26H44O3. The summed E-state index contributed by atoms with van der Waals surface area (Å²) in [5.74, 6) is 3.81. The number of rotatable bonds is 2. The minimum atomic E-state index is -0.340. The Morgan fingerprint density at radius 2 is 1.69 bits per heavy atom. The van der Waals surface area contributed by atoms with Gasteiger partial charge in [-0.2, -0.15) is 0 Å². The Balaban J connectivity index is 1.40. The monoisotopic (exact) mass is 404 g/mol. The highest BCUT2D eigenvalue weighted by Crippen LogP contribution is 2.69. The Hall–Kier alpha value is -0.120. The van der Waals surface area contributed by atoms with E-state index in [1.807, 2.05) is 0 Å². The molecule has 3 heteroatoms. The van der Waals surface area contributed by atoms with Crippen molar-refractivity contribution in [3.63, 3.8) is 0 Å². The molecule has 5 aliphatic rings. The van der Waals surface area contributed by atoms with E-state index in [2.05, 4.69) is 27.7 Å². The van der Waals surface area contributed by atoms with Crippen LogP contribution in [0.1, 0.15) is 91.9 Å². The smallest absolute Gasteiger partial charge is 0.168 e. The van der Waals surface area contributed by atoms with E-state index in [-0.39, 0.29) is 11.9 Å². The van der Waals surface area contributed by atoms with Gasteiger partial charge in [0.05, 0.1) is 19.3 Å². The Kier molecular flexibility index (Phi) is 5.16. The summed E-state index contributed by atoms with van der Waals surface area (Å²) in [7, 11) is 0. The summed E-state index contributed by atoms with van der Waals surface area (Å²) >= 11 is 0. The Labute approximate surface area is 178 Å². The van der Waals surface area contributed by atoms with Crippen molar-refractivity contribution in [1.82, 2.24) is 0 Å². The van der Waals surface area contributed by atoms with E-state index in [0.717, 1.165) is 56.7 Å². The van der Waals surface area contributed by atoms with Crippen molar-refractivity contribution in [2.45, 2.75) is 104 Å². The zero-order valence-corrected chi connectivity index (χ0v) is 19.3. The van der Waals surface area contributed by atoms with Crippen LogP contribution in [-0.4, -0.2) is 30.2 Å². The van der Waals surface area contributed by atoms with E-state index in [9.17, 15) is 5.11 Å². The van der Waals surface area contributed by atoms with Crippen molar-refractivity contribution in [3.05, 3.63) is 0 Å². The van der Waals surface area contributed by atoms with Crippen molar-refractivity contribution >= 4 is 0 Å². The molecule has 3 nitrogen and oxygen atoms in total. The van der Waals surface area contributed by atoms with E-state index in [0.29, 0.717) is 28.6 Å². The molecule has 4 saturated carbocycles. The molecule has 5 fully saturated rings. The molecular weight excluding hydrogens is 360 g/mol. The highest BCUT2D eigenvalue weighted by Gasteiger charge is 2.64. The summed E-state index contributed by atoms with van der Waals surface area (Å²) in [6.07, 6.45) is 11.9. The second kappa shape index (κ2) is 7.20. The van der Waals surface area contributed by atoms with Gasteiger partial charge in [-0.25, -0.2) is 0 Å². The lowest BCUT2D eigenvalue weighted by Gasteiger charge is -2.63. The zero-order valence-electron chi connectivity index (χ0n) is 19.3. The number of hydrogen-bond acceptors (Lipinski definition) is 3. The lowest BCUT2D eigenvalue weighted by atomic mass is 9.43. The van der Waals surface area contributed by atoms with Crippen molar-refractivity contribution in [2.24, 2.45) is 46.3 Å². The predicted molar refractivity (Wildman–Crippen MR) is 115 cm³/mol. The highest BCUT2D eigenvalue weighted by atomic mass is 16.7. The molecule has 1 heterocycles. The van der Waals surface area contributed by atoms with Gasteiger partial charge >= 0.3 is 0 Å². The first-order valence-corrected chi connectivity index (χ1v) is 12.8. The molecule has 9 atom stereocenters. The molecule has 1 spiro atoms. The molecule has 0 amide bonds. The van der Waals surface area contributed by atoms with E-state index in [1.54, 1.807) is 0 Å². The largest absolute Gasteiger partial charge is 0.393 e. The normalized spacial score (nSPS) is 52.4. The van der Waals surface area contributed by atoms with Crippen LogP contribution in [0.2, 0.25) is 0 Å². The molecule has 0 aromatic carbocycles. The third-order valence-electron chi connectivity index (χ3n) is 11.1. The topological polar surface area (TPSA) is 38.7 Å². The molecule has 0 unspecified atom stereocenters. The summed E-state index contributed by atoms with van der Waals surface area (Å²) < 4.78 is 12.4. The maximum atomic E-state index is 11.5. The first-order chi connectivity index (χ1) is 13.8. The van der Waals surface area contributed by atoms with Gasteiger partial charge in [-0.1, -0.05) is 34.1 Å². The van der Waals surface area contributed by atoms with Crippen molar-refractivity contribution in [2.75, 3.05) is 13.2 Å². The van der Waals surface area contributed by atoms with Crippen LogP contribution in [-0.2, 0) is 9.47 Å². The average Bonchev–Trinajstić information content (AvgIpc) is 3.07. The van der Waals surface area contributed by atoms with Gasteiger partial charge < -0.3 is 14.6 Å². The molecule has 0 radical (unpaired) electrons. The molecule has 166 valence electrons. The Bertz CT molecular complexity index is 613. The molecule has 0 aromatic heterocycles. The van der Waals surface area contributed by atoms with Gasteiger partial charge in [-0.15, -0.1) is 0 Å². The van der Waals surface area contributed by atoms with Crippen molar-refractivity contribution in [3.8, 4) is 0 Å². The molecule has 1 saturated heterocycles. The van der Waals surface area contributed by atoms with Crippen LogP contribution in [0.15, 0.2) is 0 Å². The summed E-state index contributed by atoms with van der Waals surface area (Å²) in [6.45, 7) is 11.7. The number of aliphatic hydroxyl groups is 1. The van der Waals surface area contributed by atoms with Gasteiger partial charge in [0.15, 0.2) is 5.79 Å². The minimum absolute atomic E-state index is 0.128. The number of aliphatic hydroxyl groups excluding tert-OH is 1.